The molecule has 0 aliphatic heterocycles. The zero-order chi connectivity index (χ0) is 26.3. The Labute approximate surface area is 211 Å². The highest BCUT2D eigenvalue weighted by atomic mass is 32.2. The average Bonchev–Trinajstić information content (AvgIpc) is 3.46. The number of sulfonamides is 1. The molecule has 5 aromatic rings. The predicted octanol–water partition coefficient (Wildman–Crippen LogP) is 5.74. The van der Waals surface area contributed by atoms with Gasteiger partial charge in [0.15, 0.2) is 5.82 Å². The monoisotopic (exact) mass is 520 g/mol. The smallest absolute Gasteiger partial charge is 0.272 e. The van der Waals surface area contributed by atoms with Gasteiger partial charge in [-0.25, -0.2) is 17.2 Å². The van der Waals surface area contributed by atoms with Crippen LogP contribution in [-0.2, 0) is 17.1 Å². The van der Waals surface area contributed by atoms with Gasteiger partial charge >= 0.3 is 0 Å². The molecule has 1 amide bonds. The molecule has 0 aliphatic carbocycles. The summed E-state index contributed by atoms with van der Waals surface area (Å²) in [5.74, 6) is -1.68. The van der Waals surface area contributed by atoms with Gasteiger partial charge in [-0.2, -0.15) is 0 Å². The van der Waals surface area contributed by atoms with E-state index in [1.54, 1.807) is 36.4 Å². The first-order valence-electron chi connectivity index (χ1n) is 11.2. The van der Waals surface area contributed by atoms with E-state index < -0.39 is 27.6 Å². The molecule has 0 aliphatic rings. The number of aromatic amines is 1. The summed E-state index contributed by atoms with van der Waals surface area (Å²) in [5.41, 5.74) is 3.13. The Morgan fingerprint density at radius 1 is 0.946 bits per heavy atom. The summed E-state index contributed by atoms with van der Waals surface area (Å²) >= 11 is 0. The minimum atomic E-state index is -3.46. The minimum Gasteiger partial charge on any atom is -0.351 e. The van der Waals surface area contributed by atoms with Gasteiger partial charge < -0.3 is 14.9 Å². The second kappa shape index (κ2) is 9.21. The Morgan fingerprint density at radius 3 is 2.38 bits per heavy atom. The first-order valence-corrected chi connectivity index (χ1v) is 13.1. The summed E-state index contributed by atoms with van der Waals surface area (Å²) in [4.78, 5) is 16.1. The zero-order valence-electron chi connectivity index (χ0n) is 19.8. The van der Waals surface area contributed by atoms with Gasteiger partial charge in [-0.15, -0.1) is 0 Å². The molecule has 0 bridgehead atoms. The van der Waals surface area contributed by atoms with Crippen LogP contribution in [0.2, 0.25) is 0 Å². The van der Waals surface area contributed by atoms with Crippen LogP contribution in [0.1, 0.15) is 10.5 Å². The highest BCUT2D eigenvalue weighted by Crippen LogP contribution is 2.34. The standard InChI is InChI=1S/C27H22F2N4O3S/c1-33-11-3-4-25(33)18-12-21(16-5-8-19(28)9-6-16)26(29)23(14-18)31-27(34)24-13-17-7-10-20(15-22(17)30-24)32-37(2,35)36/h3-15,30,32H,1-2H3,(H,31,34). The van der Waals surface area contributed by atoms with Crippen molar-refractivity contribution in [1.29, 1.82) is 0 Å². The lowest BCUT2D eigenvalue weighted by Gasteiger charge is -2.14. The van der Waals surface area contributed by atoms with Gasteiger partial charge in [0.2, 0.25) is 10.0 Å². The molecule has 2 aromatic heterocycles. The molecule has 5 rings (SSSR count). The van der Waals surface area contributed by atoms with E-state index >= 15 is 4.39 Å². The summed E-state index contributed by atoms with van der Waals surface area (Å²) < 4.78 is 56.5. The largest absolute Gasteiger partial charge is 0.351 e. The van der Waals surface area contributed by atoms with Crippen LogP contribution in [-0.4, -0.2) is 30.1 Å². The molecule has 0 saturated heterocycles. The van der Waals surface area contributed by atoms with Gasteiger partial charge in [-0.05, 0) is 60.2 Å². The van der Waals surface area contributed by atoms with E-state index in [2.05, 4.69) is 15.0 Å². The molecule has 2 heterocycles. The second-order valence-electron chi connectivity index (χ2n) is 8.71. The van der Waals surface area contributed by atoms with Crippen molar-refractivity contribution in [3.05, 3.63) is 96.3 Å². The molecule has 0 unspecified atom stereocenters. The third-order valence-electron chi connectivity index (χ3n) is 5.89. The first kappa shape index (κ1) is 24.3. The van der Waals surface area contributed by atoms with Crippen molar-refractivity contribution in [2.75, 3.05) is 16.3 Å². The van der Waals surface area contributed by atoms with E-state index in [1.165, 1.54) is 24.3 Å². The maximum Gasteiger partial charge on any atom is 0.272 e. The Bertz CT molecular complexity index is 1760. The van der Waals surface area contributed by atoms with Crippen molar-refractivity contribution in [3.8, 4) is 22.4 Å². The van der Waals surface area contributed by atoms with Gasteiger partial charge in [-0.3, -0.25) is 9.52 Å². The van der Waals surface area contributed by atoms with Gasteiger partial charge in [0, 0.05) is 41.0 Å². The van der Waals surface area contributed by atoms with Gasteiger partial charge in [0.05, 0.1) is 17.6 Å². The summed E-state index contributed by atoms with van der Waals surface area (Å²) in [6.45, 7) is 0. The van der Waals surface area contributed by atoms with Gasteiger partial charge in [0.25, 0.3) is 5.91 Å². The molecule has 0 radical (unpaired) electrons. The molecule has 37 heavy (non-hydrogen) atoms. The molecule has 3 N–H and O–H groups in total. The van der Waals surface area contributed by atoms with E-state index in [1.807, 2.05) is 29.9 Å². The van der Waals surface area contributed by atoms with Gasteiger partial charge in [-0.1, -0.05) is 18.2 Å². The van der Waals surface area contributed by atoms with Crippen molar-refractivity contribution in [2.45, 2.75) is 0 Å². The number of halogens is 2. The van der Waals surface area contributed by atoms with Crippen LogP contribution in [0.15, 0.2) is 79.0 Å². The van der Waals surface area contributed by atoms with E-state index in [0.717, 1.165) is 11.9 Å². The van der Waals surface area contributed by atoms with Crippen molar-refractivity contribution in [1.82, 2.24) is 9.55 Å². The van der Waals surface area contributed by atoms with Crippen molar-refractivity contribution >= 4 is 38.2 Å². The van der Waals surface area contributed by atoms with E-state index in [-0.39, 0.29) is 16.9 Å². The number of rotatable bonds is 6. The number of nitrogens with one attached hydrogen (secondary N) is 3. The SMILES string of the molecule is Cn1cccc1-c1cc(NC(=O)c2cc3ccc(NS(C)(=O)=O)cc3[nH]2)c(F)c(-c2ccc(F)cc2)c1. The number of nitrogens with zero attached hydrogens (tertiary/aromatic N) is 1. The maximum absolute atomic E-state index is 15.7. The van der Waals surface area contributed by atoms with Crippen LogP contribution in [0.4, 0.5) is 20.2 Å². The van der Waals surface area contributed by atoms with Crippen molar-refractivity contribution in [2.24, 2.45) is 7.05 Å². The highest BCUT2D eigenvalue weighted by molar-refractivity contribution is 7.92. The van der Waals surface area contributed by atoms with E-state index in [4.69, 9.17) is 0 Å². The molecule has 0 spiro atoms. The van der Waals surface area contributed by atoms with Crippen LogP contribution in [0.25, 0.3) is 33.3 Å². The van der Waals surface area contributed by atoms with Crippen LogP contribution >= 0.6 is 0 Å². The fraction of sp³-hybridized carbons (Fsp3) is 0.0741. The number of carbonyl (C=O) groups excluding carboxylic acids is 1. The van der Waals surface area contributed by atoms with Crippen molar-refractivity contribution < 1.29 is 22.0 Å². The van der Waals surface area contributed by atoms with Crippen LogP contribution in [0.3, 0.4) is 0 Å². The molecule has 10 heteroatoms. The molecular weight excluding hydrogens is 498 g/mol. The molecule has 0 fully saturated rings. The van der Waals surface area contributed by atoms with Crippen LogP contribution in [0, 0.1) is 11.6 Å². The number of aryl methyl sites for hydroxylation is 1. The highest BCUT2D eigenvalue weighted by Gasteiger charge is 2.18. The number of benzene rings is 3. The fourth-order valence-corrected chi connectivity index (χ4v) is 4.74. The number of amides is 1. The number of carbonyl (C=O) groups is 1. The van der Waals surface area contributed by atoms with Gasteiger partial charge in [0.1, 0.15) is 11.5 Å². The van der Waals surface area contributed by atoms with Crippen LogP contribution < -0.4 is 10.0 Å². The minimum absolute atomic E-state index is 0.0406. The molecular formula is C27H22F2N4O3S. The lowest BCUT2D eigenvalue weighted by atomic mass is 9.99. The Morgan fingerprint density at radius 2 is 1.70 bits per heavy atom. The third-order valence-corrected chi connectivity index (χ3v) is 6.49. The molecule has 0 saturated carbocycles. The lowest BCUT2D eigenvalue weighted by molar-refractivity contribution is 0.102. The number of hydrogen-bond acceptors (Lipinski definition) is 3. The summed E-state index contributed by atoms with van der Waals surface area (Å²) in [7, 11) is -1.61. The summed E-state index contributed by atoms with van der Waals surface area (Å²) in [6, 6.07) is 18.8. The summed E-state index contributed by atoms with van der Waals surface area (Å²) in [6.07, 6.45) is 2.90. The second-order valence-corrected chi connectivity index (χ2v) is 10.5. The van der Waals surface area contributed by atoms with Crippen molar-refractivity contribution in [3.63, 3.8) is 0 Å². The first-order chi connectivity index (χ1) is 17.6. The lowest BCUT2D eigenvalue weighted by Crippen LogP contribution is -2.14. The number of H-pyrrole nitrogens is 1. The number of anilines is 2. The maximum atomic E-state index is 15.7. The predicted molar refractivity (Wildman–Crippen MR) is 141 cm³/mol. The number of fused-ring (bicyclic) bond motifs is 1. The molecule has 188 valence electrons. The fourth-order valence-electron chi connectivity index (χ4n) is 4.18. The Balaban J connectivity index is 1.53. The Kier molecular flexibility index (Phi) is 6.04. The van der Waals surface area contributed by atoms with Crippen LogP contribution in [0.5, 0.6) is 0 Å². The number of aromatic nitrogens is 2. The zero-order valence-corrected chi connectivity index (χ0v) is 20.7. The molecule has 0 atom stereocenters. The van der Waals surface area contributed by atoms with E-state index in [9.17, 15) is 17.6 Å². The average molecular weight is 521 g/mol. The molecule has 7 nitrogen and oxygen atoms in total. The topological polar surface area (TPSA) is 96.0 Å². The quantitative estimate of drug-likeness (QED) is 0.266. The molecule has 3 aromatic carbocycles. The number of hydrogen-bond donors (Lipinski definition) is 3. The normalized spacial score (nSPS) is 11.6. The summed E-state index contributed by atoms with van der Waals surface area (Å²) in [5, 5.41) is 3.32. The Hall–Kier alpha value is -4.44. The third kappa shape index (κ3) is 5.10. The van der Waals surface area contributed by atoms with E-state index in [0.29, 0.717) is 27.7 Å².